The Balaban J connectivity index is 1.81. The number of nitrogens with one attached hydrogen (secondary N) is 1. The molecule has 0 bridgehead atoms. The Labute approximate surface area is 157 Å². The summed E-state index contributed by atoms with van der Waals surface area (Å²) in [6.07, 6.45) is 1.35. The fraction of sp³-hybridized carbons (Fsp3) is 0.143. The summed E-state index contributed by atoms with van der Waals surface area (Å²) in [6.45, 7) is 3.98. The van der Waals surface area contributed by atoms with E-state index in [1.54, 1.807) is 11.1 Å². The molecule has 1 amide bonds. The number of benzene rings is 2. The van der Waals surface area contributed by atoms with Crippen LogP contribution >= 0.6 is 11.6 Å². The lowest BCUT2D eigenvalue weighted by Gasteiger charge is -2.27. The molecule has 0 spiro atoms. The van der Waals surface area contributed by atoms with Gasteiger partial charge >= 0.3 is 0 Å². The van der Waals surface area contributed by atoms with Gasteiger partial charge in [0.25, 0.3) is 5.91 Å². The average molecular weight is 364 g/mol. The maximum atomic E-state index is 13.1. The van der Waals surface area contributed by atoms with Gasteiger partial charge in [-0.1, -0.05) is 35.9 Å². The predicted molar refractivity (Wildman–Crippen MR) is 105 cm³/mol. The van der Waals surface area contributed by atoms with Crippen LogP contribution in [-0.4, -0.2) is 10.9 Å². The first-order valence-corrected chi connectivity index (χ1v) is 8.80. The molecule has 0 saturated heterocycles. The molecule has 0 fully saturated rings. The van der Waals surface area contributed by atoms with Gasteiger partial charge in [0.05, 0.1) is 10.7 Å². The molecule has 0 radical (unpaired) electrons. The van der Waals surface area contributed by atoms with Crippen molar-refractivity contribution in [3.63, 3.8) is 0 Å². The highest BCUT2D eigenvalue weighted by atomic mass is 35.5. The van der Waals surface area contributed by atoms with Crippen LogP contribution in [0.3, 0.4) is 0 Å². The van der Waals surface area contributed by atoms with E-state index in [9.17, 15) is 4.79 Å². The van der Waals surface area contributed by atoms with Gasteiger partial charge in [0.15, 0.2) is 0 Å². The minimum absolute atomic E-state index is 0.0700. The third kappa shape index (κ3) is 2.82. The zero-order chi connectivity index (χ0) is 18.3. The molecular formula is C21H18ClN3O. The lowest BCUT2D eigenvalue weighted by Crippen LogP contribution is -2.33. The van der Waals surface area contributed by atoms with Gasteiger partial charge in [-0.3, -0.25) is 9.69 Å². The number of carbonyl (C=O) groups is 1. The van der Waals surface area contributed by atoms with E-state index in [0.29, 0.717) is 16.4 Å². The number of aromatic nitrogens is 1. The number of fused-ring (bicyclic) bond motifs is 1. The third-order valence-corrected chi connectivity index (χ3v) is 4.84. The number of nitrogens with zero attached hydrogens (tertiary/aromatic N) is 2. The van der Waals surface area contributed by atoms with E-state index in [2.05, 4.69) is 10.3 Å². The van der Waals surface area contributed by atoms with E-state index >= 15 is 0 Å². The van der Waals surface area contributed by atoms with Gasteiger partial charge in [0.1, 0.15) is 12.0 Å². The van der Waals surface area contributed by atoms with Gasteiger partial charge in [-0.05, 0) is 55.3 Å². The van der Waals surface area contributed by atoms with Crippen molar-refractivity contribution in [2.45, 2.75) is 20.0 Å². The highest BCUT2D eigenvalue weighted by Crippen LogP contribution is 2.38. The molecule has 3 aromatic rings. The molecule has 2 aromatic carbocycles. The molecule has 1 aromatic heterocycles. The fourth-order valence-corrected chi connectivity index (χ4v) is 3.52. The van der Waals surface area contributed by atoms with Crippen molar-refractivity contribution < 1.29 is 4.79 Å². The Bertz CT molecular complexity index is 1000. The van der Waals surface area contributed by atoms with Crippen molar-refractivity contribution in [2.75, 3.05) is 10.2 Å². The zero-order valence-corrected chi connectivity index (χ0v) is 15.3. The molecule has 4 rings (SSSR count). The summed E-state index contributed by atoms with van der Waals surface area (Å²) in [6, 6.07) is 17.3. The summed E-state index contributed by atoms with van der Waals surface area (Å²) in [5.41, 5.74) is 4.50. The van der Waals surface area contributed by atoms with E-state index in [-0.39, 0.29) is 12.1 Å². The van der Waals surface area contributed by atoms with Gasteiger partial charge in [-0.15, -0.1) is 0 Å². The van der Waals surface area contributed by atoms with Gasteiger partial charge < -0.3 is 5.32 Å². The fourth-order valence-electron chi connectivity index (χ4n) is 3.23. The molecule has 1 unspecified atom stereocenters. The standard InChI is InChI=1S/C21H18ClN3O/c1-13-7-8-18(17(22)11-13)24-20-15-5-3-4-6-16(15)21(26)25(20)19-12-14(2)9-10-23-19/h3-12,20,24H,1-2H3. The summed E-state index contributed by atoms with van der Waals surface area (Å²) < 4.78 is 0. The zero-order valence-electron chi connectivity index (χ0n) is 14.5. The van der Waals surface area contributed by atoms with Crippen LogP contribution in [0, 0.1) is 13.8 Å². The summed E-state index contributed by atoms with van der Waals surface area (Å²) in [5, 5.41) is 4.05. The molecule has 26 heavy (non-hydrogen) atoms. The van der Waals surface area contributed by atoms with Gasteiger partial charge in [-0.2, -0.15) is 0 Å². The number of carbonyl (C=O) groups excluding carboxylic acids is 1. The van der Waals surface area contributed by atoms with E-state index in [0.717, 1.165) is 22.4 Å². The number of halogens is 1. The predicted octanol–water partition coefficient (Wildman–Crippen LogP) is 5.12. The lowest BCUT2D eigenvalue weighted by molar-refractivity contribution is 0.0992. The Kier molecular flexibility index (Phi) is 4.13. The molecule has 0 aliphatic carbocycles. The molecule has 130 valence electrons. The SMILES string of the molecule is Cc1ccnc(N2C(=O)c3ccccc3C2Nc2ccc(C)cc2Cl)c1. The summed E-state index contributed by atoms with van der Waals surface area (Å²) >= 11 is 6.41. The lowest BCUT2D eigenvalue weighted by atomic mass is 10.1. The topological polar surface area (TPSA) is 45.2 Å². The summed E-state index contributed by atoms with van der Waals surface area (Å²) in [5.74, 6) is 0.548. The largest absolute Gasteiger partial charge is 0.360 e. The van der Waals surface area contributed by atoms with Crippen molar-refractivity contribution >= 4 is 29.0 Å². The first-order chi connectivity index (χ1) is 12.5. The van der Waals surface area contributed by atoms with Crippen molar-refractivity contribution in [3.05, 3.63) is 88.1 Å². The normalized spacial score (nSPS) is 15.9. The minimum atomic E-state index is -0.367. The molecule has 1 aliphatic heterocycles. The second-order valence-electron chi connectivity index (χ2n) is 6.48. The second-order valence-corrected chi connectivity index (χ2v) is 6.89. The maximum Gasteiger partial charge on any atom is 0.261 e. The van der Waals surface area contributed by atoms with Crippen LogP contribution in [0.4, 0.5) is 11.5 Å². The molecule has 1 atom stereocenters. The number of pyridine rings is 1. The minimum Gasteiger partial charge on any atom is -0.360 e. The highest BCUT2D eigenvalue weighted by molar-refractivity contribution is 6.33. The Morgan fingerprint density at radius 1 is 1.04 bits per heavy atom. The molecule has 1 N–H and O–H groups in total. The number of anilines is 2. The van der Waals surface area contributed by atoms with Crippen LogP contribution in [0.25, 0.3) is 0 Å². The van der Waals surface area contributed by atoms with Gasteiger partial charge in [0, 0.05) is 17.3 Å². The summed E-state index contributed by atoms with van der Waals surface area (Å²) in [4.78, 5) is 19.2. The highest BCUT2D eigenvalue weighted by Gasteiger charge is 2.38. The van der Waals surface area contributed by atoms with Crippen LogP contribution in [-0.2, 0) is 0 Å². The third-order valence-electron chi connectivity index (χ3n) is 4.53. The summed E-state index contributed by atoms with van der Waals surface area (Å²) in [7, 11) is 0. The first kappa shape index (κ1) is 16.6. The molecular weight excluding hydrogens is 346 g/mol. The molecule has 1 aliphatic rings. The maximum absolute atomic E-state index is 13.1. The number of aryl methyl sites for hydroxylation is 2. The van der Waals surface area contributed by atoms with Gasteiger partial charge in [-0.25, -0.2) is 4.98 Å². The first-order valence-electron chi connectivity index (χ1n) is 8.42. The number of hydrogen-bond donors (Lipinski definition) is 1. The Morgan fingerprint density at radius 2 is 1.81 bits per heavy atom. The molecule has 2 heterocycles. The van der Waals surface area contributed by atoms with Crippen molar-refractivity contribution in [1.82, 2.24) is 4.98 Å². The van der Waals surface area contributed by atoms with Crippen molar-refractivity contribution in [1.29, 1.82) is 0 Å². The molecule has 5 heteroatoms. The monoisotopic (exact) mass is 363 g/mol. The van der Waals surface area contributed by atoms with Crippen molar-refractivity contribution in [2.24, 2.45) is 0 Å². The smallest absolute Gasteiger partial charge is 0.261 e. The number of rotatable bonds is 3. The van der Waals surface area contributed by atoms with Crippen molar-refractivity contribution in [3.8, 4) is 0 Å². The average Bonchev–Trinajstić information content (AvgIpc) is 2.90. The Hall–Kier alpha value is -2.85. The molecule has 4 nitrogen and oxygen atoms in total. The van der Waals surface area contributed by atoms with Crippen LogP contribution in [0.15, 0.2) is 60.8 Å². The van der Waals surface area contributed by atoms with Crippen LogP contribution in [0.2, 0.25) is 5.02 Å². The van der Waals surface area contributed by atoms with Gasteiger partial charge in [0.2, 0.25) is 0 Å². The molecule has 0 saturated carbocycles. The number of hydrogen-bond acceptors (Lipinski definition) is 3. The van der Waals surface area contributed by atoms with E-state index < -0.39 is 0 Å². The van der Waals surface area contributed by atoms with Crippen LogP contribution < -0.4 is 10.2 Å². The van der Waals surface area contributed by atoms with Crippen LogP contribution in [0.1, 0.15) is 33.2 Å². The van der Waals surface area contributed by atoms with E-state index in [1.807, 2.05) is 68.4 Å². The van der Waals surface area contributed by atoms with Crippen LogP contribution in [0.5, 0.6) is 0 Å². The van der Waals surface area contributed by atoms with E-state index in [4.69, 9.17) is 11.6 Å². The van der Waals surface area contributed by atoms with E-state index in [1.165, 1.54) is 0 Å². The Morgan fingerprint density at radius 3 is 2.58 bits per heavy atom. The number of amides is 1. The quantitative estimate of drug-likeness (QED) is 0.702. The second kappa shape index (κ2) is 6.46.